The minimum absolute atomic E-state index is 1.00. The van der Waals surface area contributed by atoms with Crippen molar-refractivity contribution in [3.63, 3.8) is 0 Å². The maximum atomic E-state index is 3.66. The maximum Gasteiger partial charge on any atom is -0.0311 e. The number of unbranched alkanes of at least 4 members (excludes halogenated alkanes) is 4. The van der Waals surface area contributed by atoms with Crippen molar-refractivity contribution < 1.29 is 0 Å². The zero-order chi connectivity index (χ0) is 9.78. The van der Waals surface area contributed by atoms with Crippen LogP contribution >= 0.6 is 0 Å². The fourth-order valence-electron chi connectivity index (χ4n) is 0.964. The molecule has 0 nitrogen and oxygen atoms in total. The van der Waals surface area contributed by atoms with Crippen LogP contribution in [0, 0.1) is 6.42 Å². The highest BCUT2D eigenvalue weighted by atomic mass is 13.8. The van der Waals surface area contributed by atoms with E-state index in [1.165, 1.54) is 19.3 Å². The molecule has 0 atom stereocenters. The lowest BCUT2D eigenvalue weighted by molar-refractivity contribution is 0.815. The van der Waals surface area contributed by atoms with E-state index in [-0.39, 0.29) is 0 Å². The largest absolute Gasteiger partial charge is 0.103 e. The van der Waals surface area contributed by atoms with E-state index >= 15 is 0 Å². The van der Waals surface area contributed by atoms with Gasteiger partial charge >= 0.3 is 0 Å². The summed E-state index contributed by atoms with van der Waals surface area (Å²) in [6.45, 7) is 5.88. The van der Waals surface area contributed by atoms with Crippen molar-refractivity contribution in [1.29, 1.82) is 0 Å². The molecule has 0 bridgehead atoms. The monoisotopic (exact) mass is 177 g/mol. The molecule has 0 aromatic carbocycles. The van der Waals surface area contributed by atoms with Crippen molar-refractivity contribution in [2.75, 3.05) is 0 Å². The second-order valence-corrected chi connectivity index (χ2v) is 3.05. The summed E-state index contributed by atoms with van der Waals surface area (Å²) in [5.41, 5.74) is 0. The zero-order valence-electron chi connectivity index (χ0n) is 8.71. The van der Waals surface area contributed by atoms with Crippen molar-refractivity contribution in [2.24, 2.45) is 0 Å². The Hall–Kier alpha value is -0.780. The van der Waals surface area contributed by atoms with Gasteiger partial charge in [-0.15, -0.1) is 6.58 Å². The Labute approximate surface area is 83.0 Å². The second-order valence-electron chi connectivity index (χ2n) is 3.05. The van der Waals surface area contributed by atoms with Gasteiger partial charge in [0.2, 0.25) is 0 Å². The van der Waals surface area contributed by atoms with Gasteiger partial charge in [-0.2, -0.15) is 0 Å². The van der Waals surface area contributed by atoms with Crippen LogP contribution < -0.4 is 0 Å². The van der Waals surface area contributed by atoms with E-state index in [2.05, 4.69) is 44.2 Å². The summed E-state index contributed by atoms with van der Waals surface area (Å²) in [5.74, 6) is 0. The highest BCUT2D eigenvalue weighted by Crippen LogP contribution is 1.97. The molecule has 0 aromatic heterocycles. The minimum atomic E-state index is 1.00. The van der Waals surface area contributed by atoms with E-state index in [9.17, 15) is 0 Å². The third-order valence-electron chi connectivity index (χ3n) is 1.74. The summed E-state index contributed by atoms with van der Waals surface area (Å²) in [6, 6.07) is 0. The molecule has 0 N–H and O–H groups in total. The van der Waals surface area contributed by atoms with Crippen molar-refractivity contribution >= 4 is 0 Å². The molecule has 0 aliphatic rings. The first-order chi connectivity index (χ1) is 6.41. The Balaban J connectivity index is 3.19. The van der Waals surface area contributed by atoms with E-state index in [1.807, 2.05) is 6.08 Å². The van der Waals surface area contributed by atoms with Gasteiger partial charge in [0.15, 0.2) is 0 Å². The molecule has 0 rings (SSSR count). The molecular formula is C13H21. The lowest BCUT2D eigenvalue weighted by Crippen LogP contribution is -1.69. The molecule has 0 amide bonds. The van der Waals surface area contributed by atoms with Gasteiger partial charge in [-0.1, -0.05) is 50.1 Å². The molecule has 0 heteroatoms. The Morgan fingerprint density at radius 1 is 1.08 bits per heavy atom. The van der Waals surface area contributed by atoms with Crippen LogP contribution in [0.15, 0.2) is 37.0 Å². The summed E-state index contributed by atoms with van der Waals surface area (Å²) in [7, 11) is 0. The molecule has 0 saturated heterocycles. The molecule has 0 fully saturated rings. The van der Waals surface area contributed by atoms with Crippen molar-refractivity contribution in [3.05, 3.63) is 43.4 Å². The molecule has 73 valence electrons. The molecule has 0 aromatic rings. The smallest absolute Gasteiger partial charge is 0.0311 e. The molecular weight excluding hydrogens is 156 g/mol. The average Bonchev–Trinajstić information content (AvgIpc) is 2.16. The van der Waals surface area contributed by atoms with Crippen LogP contribution in [0.3, 0.4) is 0 Å². The fourth-order valence-corrected chi connectivity index (χ4v) is 0.964. The predicted molar refractivity (Wildman–Crippen MR) is 61.5 cm³/mol. The van der Waals surface area contributed by atoms with Gasteiger partial charge in [0, 0.05) is 0 Å². The van der Waals surface area contributed by atoms with Gasteiger partial charge in [0.25, 0.3) is 0 Å². The minimum Gasteiger partial charge on any atom is -0.103 e. The van der Waals surface area contributed by atoms with E-state index in [0.717, 1.165) is 12.8 Å². The molecule has 0 unspecified atom stereocenters. The van der Waals surface area contributed by atoms with Gasteiger partial charge in [0.1, 0.15) is 0 Å². The first-order valence-corrected chi connectivity index (χ1v) is 5.16. The van der Waals surface area contributed by atoms with Gasteiger partial charge < -0.3 is 0 Å². The van der Waals surface area contributed by atoms with Crippen LogP contribution in [0.4, 0.5) is 0 Å². The Kier molecular flexibility index (Phi) is 10.5. The Morgan fingerprint density at radius 3 is 2.54 bits per heavy atom. The predicted octanol–water partition coefficient (Wildman–Crippen LogP) is 4.46. The van der Waals surface area contributed by atoms with Crippen molar-refractivity contribution in [3.8, 4) is 0 Å². The lowest BCUT2D eigenvalue weighted by atomic mass is 10.2. The van der Waals surface area contributed by atoms with Crippen molar-refractivity contribution in [2.45, 2.75) is 39.0 Å². The fraction of sp³-hybridized carbons (Fsp3) is 0.462. The van der Waals surface area contributed by atoms with Crippen LogP contribution in [-0.2, 0) is 0 Å². The molecule has 1 radical (unpaired) electrons. The quantitative estimate of drug-likeness (QED) is 0.292. The van der Waals surface area contributed by atoms with Crippen LogP contribution in [0.2, 0.25) is 0 Å². The summed E-state index contributed by atoms with van der Waals surface area (Å²) >= 11 is 0. The van der Waals surface area contributed by atoms with E-state index in [1.54, 1.807) is 0 Å². The van der Waals surface area contributed by atoms with Gasteiger partial charge in [-0.05, 0) is 25.7 Å². The molecule has 0 spiro atoms. The number of allylic oxidation sites excluding steroid dienone is 5. The van der Waals surface area contributed by atoms with Crippen LogP contribution in [0.1, 0.15) is 39.0 Å². The normalized spacial score (nSPS) is 11.5. The van der Waals surface area contributed by atoms with Crippen LogP contribution in [-0.4, -0.2) is 0 Å². The molecule has 0 aliphatic carbocycles. The highest BCUT2D eigenvalue weighted by Gasteiger charge is 1.78. The standard InChI is InChI=1S/C13H21/c1-3-5-7-9-11-13-12-10-8-6-4-2/h3,7,10-13H,1,4-6,8-9H2,2H3. The second kappa shape index (κ2) is 11.2. The van der Waals surface area contributed by atoms with Gasteiger partial charge in [0.05, 0.1) is 0 Å². The molecule has 0 saturated carbocycles. The zero-order valence-corrected chi connectivity index (χ0v) is 8.71. The maximum absolute atomic E-state index is 3.66. The first kappa shape index (κ1) is 12.2. The average molecular weight is 177 g/mol. The topological polar surface area (TPSA) is 0 Å². The van der Waals surface area contributed by atoms with Crippen LogP contribution in [0.25, 0.3) is 0 Å². The summed E-state index contributed by atoms with van der Waals surface area (Å²) < 4.78 is 0. The molecule has 13 heavy (non-hydrogen) atoms. The number of hydrogen-bond acceptors (Lipinski definition) is 0. The van der Waals surface area contributed by atoms with E-state index < -0.39 is 0 Å². The van der Waals surface area contributed by atoms with Gasteiger partial charge in [-0.3, -0.25) is 0 Å². The lowest BCUT2D eigenvalue weighted by Gasteiger charge is -1.87. The first-order valence-electron chi connectivity index (χ1n) is 5.16. The molecule has 0 aliphatic heterocycles. The van der Waals surface area contributed by atoms with E-state index in [0.29, 0.717) is 0 Å². The highest BCUT2D eigenvalue weighted by molar-refractivity contribution is 5.03. The Bertz CT molecular complexity index is 151. The third kappa shape index (κ3) is 11.2. The van der Waals surface area contributed by atoms with Crippen molar-refractivity contribution in [1.82, 2.24) is 0 Å². The summed E-state index contributed by atoms with van der Waals surface area (Å²) in [6.07, 6.45) is 18.6. The SMILES string of the molecule is C=CC[CH]CC=CC=CCCCC. The Morgan fingerprint density at radius 2 is 1.85 bits per heavy atom. The third-order valence-corrected chi connectivity index (χ3v) is 1.74. The number of hydrogen-bond donors (Lipinski definition) is 0. The molecule has 0 heterocycles. The van der Waals surface area contributed by atoms with Gasteiger partial charge in [-0.25, -0.2) is 0 Å². The van der Waals surface area contributed by atoms with E-state index in [4.69, 9.17) is 0 Å². The number of rotatable bonds is 8. The summed E-state index contributed by atoms with van der Waals surface area (Å²) in [5, 5.41) is 0. The summed E-state index contributed by atoms with van der Waals surface area (Å²) in [4.78, 5) is 0. The van der Waals surface area contributed by atoms with Crippen LogP contribution in [0.5, 0.6) is 0 Å².